The number of carbonyl (C=O) groups excluding carboxylic acids is 2. The topological polar surface area (TPSA) is 162 Å². The molecule has 0 radical (unpaired) electrons. The van der Waals surface area contributed by atoms with Gasteiger partial charge in [0.2, 0.25) is 0 Å². The molecule has 15 heteroatoms. The van der Waals surface area contributed by atoms with Crippen molar-refractivity contribution in [1.82, 2.24) is 6.15 Å². The molecule has 0 spiro atoms. The molecule has 230 valence electrons. The molecule has 3 aromatic heterocycles. The van der Waals surface area contributed by atoms with Crippen molar-refractivity contribution in [2.75, 3.05) is 6.61 Å². The summed E-state index contributed by atoms with van der Waals surface area (Å²) in [4.78, 5) is 24.7. The number of hydrogen-bond acceptors (Lipinski definition) is 8. The van der Waals surface area contributed by atoms with E-state index in [0.717, 1.165) is 25.2 Å². The number of primary amides is 1. The van der Waals surface area contributed by atoms with Crippen molar-refractivity contribution in [2.24, 2.45) is 11.5 Å². The average molecular weight is 723 g/mol. The molecule has 0 saturated carbocycles. The van der Waals surface area contributed by atoms with E-state index >= 15 is 0 Å². The second kappa shape index (κ2) is 19.8. The van der Waals surface area contributed by atoms with Crippen molar-refractivity contribution in [2.45, 2.75) is 13.5 Å². The van der Waals surface area contributed by atoms with Crippen LogP contribution < -0.4 is 36.5 Å². The van der Waals surface area contributed by atoms with Crippen LogP contribution in [-0.4, -0.2) is 41.3 Å². The SMILES string of the molecule is CCOC(=O)c1cc2ccc(Cl)cc2s1.N.NC(=O)c1cc2ccc(Cl)cc2s1.NCc1cc2ccc(Cl)cc2s1.O.[AlH3].[H-].[Li+]. The number of benzene rings is 3. The van der Waals surface area contributed by atoms with Gasteiger partial charge < -0.3 is 29.3 Å². The molecule has 0 bridgehead atoms. The number of hydrogen-bond donors (Lipinski definition) is 3. The molecule has 0 aliphatic heterocycles. The molecule has 3 aromatic carbocycles. The zero-order valence-electron chi connectivity index (χ0n) is 24.3. The monoisotopic (exact) mass is 721 g/mol. The molecule has 3 heterocycles. The Labute approximate surface area is 306 Å². The number of ether oxygens (including phenoxy) is 1. The van der Waals surface area contributed by atoms with Crippen molar-refractivity contribution in [1.29, 1.82) is 0 Å². The van der Waals surface area contributed by atoms with Gasteiger partial charge >= 0.3 is 24.8 Å². The smallest absolute Gasteiger partial charge is 1.00 e. The van der Waals surface area contributed by atoms with Gasteiger partial charge in [-0.3, -0.25) is 4.79 Å². The van der Waals surface area contributed by atoms with E-state index in [1.54, 1.807) is 30.4 Å². The maximum absolute atomic E-state index is 11.5. The van der Waals surface area contributed by atoms with Gasteiger partial charge in [-0.25, -0.2) is 4.79 Å². The van der Waals surface area contributed by atoms with Gasteiger partial charge in [-0.2, -0.15) is 0 Å². The minimum atomic E-state index is -0.391. The van der Waals surface area contributed by atoms with Gasteiger partial charge in [0, 0.05) is 40.6 Å². The standard InChI is InChI=1S/C11H9ClO2S.C9H6ClNOS.C9H8ClNS.Al.Li.H3N.H2O.4H/c1-2-14-11(13)10-5-7-3-4-8(12)6-9(7)15-10;10-6-2-1-5-3-8(9(11)12)13-7(5)4-6;10-7-2-1-6-3-8(5-11)12-9(6)4-7;;;;;;;;/h3-6H,2H2,1H3;1-4H,(H2,11,12);1-4H,5,11H2;;;1H3;1H2;;;;/q;;;;+1;;;;;;-1. The molecule has 0 aliphatic rings. The van der Waals surface area contributed by atoms with Gasteiger partial charge in [-0.15, -0.1) is 34.0 Å². The quantitative estimate of drug-likeness (QED) is 0.178. The van der Waals surface area contributed by atoms with E-state index in [0.29, 0.717) is 33.0 Å². The Kier molecular flexibility index (Phi) is 19.0. The summed E-state index contributed by atoms with van der Waals surface area (Å²) in [6.45, 7) is 2.80. The van der Waals surface area contributed by atoms with E-state index in [-0.39, 0.29) is 55.2 Å². The van der Waals surface area contributed by atoms with Gasteiger partial charge in [0.1, 0.15) is 4.88 Å². The molecule has 0 saturated heterocycles. The Bertz CT molecular complexity index is 1840. The van der Waals surface area contributed by atoms with Crippen molar-refractivity contribution in [3.05, 3.63) is 102 Å². The zero-order valence-corrected chi connectivity index (χ0v) is 28.0. The summed E-state index contributed by atoms with van der Waals surface area (Å²) in [5.74, 6) is -0.660. The first-order chi connectivity index (χ1) is 19.2. The van der Waals surface area contributed by atoms with Gasteiger partial charge in [0.05, 0.1) is 11.5 Å². The third-order valence-corrected chi connectivity index (χ3v) is 9.43. The zero-order chi connectivity index (χ0) is 28.8. The van der Waals surface area contributed by atoms with E-state index < -0.39 is 5.91 Å². The number of halogens is 3. The van der Waals surface area contributed by atoms with Gasteiger partial charge in [0.15, 0.2) is 17.4 Å². The molecule has 44 heavy (non-hydrogen) atoms. The summed E-state index contributed by atoms with van der Waals surface area (Å²) in [6, 6.07) is 22.7. The van der Waals surface area contributed by atoms with Crippen LogP contribution in [-0.2, 0) is 11.3 Å². The van der Waals surface area contributed by atoms with E-state index in [9.17, 15) is 9.59 Å². The largest absolute Gasteiger partial charge is 1.00 e. The van der Waals surface area contributed by atoms with Crippen LogP contribution in [0.5, 0.6) is 0 Å². The number of carbonyl (C=O) groups is 2. The molecule has 7 nitrogen and oxygen atoms in total. The van der Waals surface area contributed by atoms with Gasteiger partial charge in [-0.05, 0) is 77.7 Å². The summed E-state index contributed by atoms with van der Waals surface area (Å²) in [5.41, 5.74) is 10.7. The minimum absolute atomic E-state index is 0. The molecule has 6 rings (SSSR count). The van der Waals surface area contributed by atoms with E-state index in [1.807, 2.05) is 54.6 Å². The maximum atomic E-state index is 11.5. The van der Waals surface area contributed by atoms with Crippen LogP contribution in [0.2, 0.25) is 15.1 Å². The van der Waals surface area contributed by atoms with E-state index in [4.69, 9.17) is 51.0 Å². The molecular formula is C29H32AlCl3LiN3O4S3. The third kappa shape index (κ3) is 11.3. The van der Waals surface area contributed by atoms with Crippen molar-refractivity contribution >= 4 is 128 Å². The van der Waals surface area contributed by atoms with Crippen LogP contribution in [0.25, 0.3) is 30.3 Å². The fourth-order valence-electron chi connectivity index (χ4n) is 3.59. The first-order valence-corrected chi connectivity index (χ1v) is 15.5. The number of thiophene rings is 3. The van der Waals surface area contributed by atoms with E-state index in [1.165, 1.54) is 37.6 Å². The second-order valence-electron chi connectivity index (χ2n) is 8.27. The molecule has 9 N–H and O–H groups in total. The van der Waals surface area contributed by atoms with Gasteiger partial charge in [-0.1, -0.05) is 53.0 Å². The predicted octanol–water partition coefficient (Wildman–Crippen LogP) is 4.67. The molecule has 0 aliphatic carbocycles. The fourth-order valence-corrected chi connectivity index (χ4v) is 7.24. The average Bonchev–Trinajstić information content (AvgIpc) is 3.65. The van der Waals surface area contributed by atoms with Crippen LogP contribution in [0, 0.1) is 0 Å². The summed E-state index contributed by atoms with van der Waals surface area (Å²) >= 11 is 22.0. The minimum Gasteiger partial charge on any atom is -1.00 e. The first kappa shape index (κ1) is 42.4. The Morgan fingerprint density at radius 2 is 1.16 bits per heavy atom. The summed E-state index contributed by atoms with van der Waals surface area (Å²) in [7, 11) is 0. The Morgan fingerprint density at radius 1 is 0.750 bits per heavy atom. The molecule has 0 fully saturated rings. The van der Waals surface area contributed by atoms with Crippen LogP contribution in [0.1, 0.15) is 32.6 Å². The molecule has 6 aromatic rings. The number of rotatable bonds is 4. The molecule has 1 amide bonds. The number of esters is 1. The Hall–Kier alpha value is -1.64. The van der Waals surface area contributed by atoms with Crippen molar-refractivity contribution in [3.8, 4) is 0 Å². The van der Waals surface area contributed by atoms with Gasteiger partial charge in [0.25, 0.3) is 5.91 Å². The van der Waals surface area contributed by atoms with Crippen LogP contribution >= 0.6 is 68.8 Å². The normalized spacial score (nSPS) is 9.66. The Morgan fingerprint density at radius 3 is 1.59 bits per heavy atom. The van der Waals surface area contributed by atoms with Crippen LogP contribution in [0.15, 0.2) is 72.8 Å². The molecule has 0 atom stereocenters. The molecular weight excluding hydrogens is 691 g/mol. The predicted molar refractivity (Wildman–Crippen MR) is 193 cm³/mol. The van der Waals surface area contributed by atoms with Crippen LogP contribution in [0.4, 0.5) is 0 Å². The van der Waals surface area contributed by atoms with Crippen molar-refractivity contribution < 1.29 is 40.1 Å². The van der Waals surface area contributed by atoms with E-state index in [2.05, 4.69) is 6.07 Å². The summed E-state index contributed by atoms with van der Waals surface area (Å²) < 4.78 is 8.13. The number of fused-ring (bicyclic) bond motifs is 3. The summed E-state index contributed by atoms with van der Waals surface area (Å²) in [5, 5.41) is 5.39. The first-order valence-electron chi connectivity index (χ1n) is 11.9. The van der Waals surface area contributed by atoms with Crippen LogP contribution in [0.3, 0.4) is 0 Å². The Balaban J connectivity index is 0. The second-order valence-corrected chi connectivity index (χ2v) is 12.9. The fraction of sp³-hybridized carbons (Fsp3) is 0.103. The third-order valence-electron chi connectivity index (χ3n) is 5.42. The summed E-state index contributed by atoms with van der Waals surface area (Å²) in [6.07, 6.45) is 0. The number of amides is 1. The molecule has 0 unspecified atom stereocenters. The maximum Gasteiger partial charge on any atom is 1.00 e. The number of nitrogens with two attached hydrogens (primary N) is 2. The van der Waals surface area contributed by atoms with Crippen molar-refractivity contribution in [3.63, 3.8) is 0 Å².